The maximum atomic E-state index is 11.8. The van der Waals surface area contributed by atoms with Crippen LogP contribution in [0.3, 0.4) is 0 Å². The van der Waals surface area contributed by atoms with Gasteiger partial charge in [-0.3, -0.25) is 4.79 Å². The van der Waals surface area contributed by atoms with Crippen LogP contribution in [0, 0.1) is 19.3 Å². The first-order chi connectivity index (χ1) is 8.67. The van der Waals surface area contributed by atoms with Crippen LogP contribution in [-0.2, 0) is 11.2 Å². The Kier molecular flexibility index (Phi) is 3.75. The third kappa shape index (κ3) is 3.19. The predicted molar refractivity (Wildman–Crippen MR) is 73.6 cm³/mol. The molecule has 0 saturated carbocycles. The molecule has 1 heterocycles. The second kappa shape index (κ2) is 5.48. The third-order valence-electron chi connectivity index (χ3n) is 2.32. The summed E-state index contributed by atoms with van der Waals surface area (Å²) < 4.78 is 0. The molecule has 3 nitrogen and oxygen atoms in total. The Morgan fingerprint density at radius 1 is 1.56 bits per heavy atom. The standard InChI is InChI=1S/C14H12N2OS/c1-3-11-5-4-6-12(7-11)16-14(17)8-13-9-18-10(2)15-13/h1,4-7,9H,8H2,2H3,(H,16,17). The lowest BCUT2D eigenvalue weighted by Crippen LogP contribution is -2.14. The maximum Gasteiger partial charge on any atom is 0.230 e. The van der Waals surface area contributed by atoms with Crippen LogP contribution in [0.2, 0.25) is 0 Å². The number of hydrogen-bond acceptors (Lipinski definition) is 3. The lowest BCUT2D eigenvalue weighted by atomic mass is 10.2. The molecule has 0 aliphatic carbocycles. The van der Waals surface area contributed by atoms with Gasteiger partial charge in [-0.25, -0.2) is 4.98 Å². The number of anilines is 1. The number of aryl methyl sites for hydroxylation is 1. The van der Waals surface area contributed by atoms with Crippen molar-refractivity contribution in [2.24, 2.45) is 0 Å². The van der Waals surface area contributed by atoms with E-state index in [1.807, 2.05) is 30.5 Å². The Balaban J connectivity index is 2.01. The molecule has 2 rings (SSSR count). The van der Waals surface area contributed by atoms with Crippen LogP contribution >= 0.6 is 11.3 Å². The van der Waals surface area contributed by atoms with Crippen LogP contribution in [-0.4, -0.2) is 10.9 Å². The van der Waals surface area contributed by atoms with E-state index in [2.05, 4.69) is 16.2 Å². The zero-order valence-electron chi connectivity index (χ0n) is 9.93. The number of terminal acetylenes is 1. The number of carbonyl (C=O) groups excluding carboxylic acids is 1. The predicted octanol–water partition coefficient (Wildman–Crippen LogP) is 2.61. The highest BCUT2D eigenvalue weighted by molar-refractivity contribution is 7.09. The number of benzene rings is 1. The SMILES string of the molecule is C#Cc1cccc(NC(=O)Cc2csc(C)n2)c1. The van der Waals surface area contributed by atoms with Gasteiger partial charge in [0, 0.05) is 16.6 Å². The lowest BCUT2D eigenvalue weighted by molar-refractivity contribution is -0.115. The van der Waals surface area contributed by atoms with Crippen LogP contribution in [0.5, 0.6) is 0 Å². The summed E-state index contributed by atoms with van der Waals surface area (Å²) in [5.41, 5.74) is 2.25. The molecule has 1 N–H and O–H groups in total. The van der Waals surface area contributed by atoms with Crippen molar-refractivity contribution in [2.45, 2.75) is 13.3 Å². The van der Waals surface area contributed by atoms with Crippen molar-refractivity contribution in [3.05, 3.63) is 45.9 Å². The van der Waals surface area contributed by atoms with Crippen molar-refractivity contribution in [1.29, 1.82) is 0 Å². The summed E-state index contributed by atoms with van der Waals surface area (Å²) in [5.74, 6) is 2.44. The molecular weight excluding hydrogens is 244 g/mol. The molecule has 0 unspecified atom stereocenters. The number of nitrogens with zero attached hydrogens (tertiary/aromatic N) is 1. The summed E-state index contributed by atoms with van der Waals surface area (Å²) in [6.07, 6.45) is 5.59. The van der Waals surface area contributed by atoms with Crippen LogP contribution in [0.4, 0.5) is 5.69 Å². The van der Waals surface area contributed by atoms with Crippen molar-refractivity contribution in [2.75, 3.05) is 5.32 Å². The Hall–Kier alpha value is -2.12. The molecule has 1 amide bonds. The summed E-state index contributed by atoms with van der Waals surface area (Å²) in [4.78, 5) is 16.0. The van der Waals surface area contributed by atoms with Crippen molar-refractivity contribution < 1.29 is 4.79 Å². The summed E-state index contributed by atoms with van der Waals surface area (Å²) in [6, 6.07) is 7.21. The number of aromatic nitrogens is 1. The van der Waals surface area contributed by atoms with Gasteiger partial charge in [0.2, 0.25) is 5.91 Å². The second-order valence-electron chi connectivity index (χ2n) is 3.81. The minimum absolute atomic E-state index is 0.0885. The molecule has 1 aromatic heterocycles. The van der Waals surface area contributed by atoms with Gasteiger partial charge >= 0.3 is 0 Å². The maximum absolute atomic E-state index is 11.8. The van der Waals surface area contributed by atoms with Gasteiger partial charge in [0.1, 0.15) is 0 Å². The van der Waals surface area contributed by atoms with Gasteiger partial charge in [-0.2, -0.15) is 0 Å². The third-order valence-corrected chi connectivity index (χ3v) is 3.14. The molecule has 0 spiro atoms. The molecule has 0 atom stereocenters. The van der Waals surface area contributed by atoms with Crippen molar-refractivity contribution in [3.8, 4) is 12.3 Å². The van der Waals surface area contributed by atoms with E-state index >= 15 is 0 Å². The first-order valence-corrected chi connectivity index (χ1v) is 6.33. The molecule has 0 fully saturated rings. The molecule has 0 bridgehead atoms. The number of amides is 1. The molecule has 1 aromatic carbocycles. The smallest absolute Gasteiger partial charge is 0.230 e. The summed E-state index contributed by atoms with van der Waals surface area (Å²) >= 11 is 1.54. The van der Waals surface area contributed by atoms with Crippen LogP contribution in [0.15, 0.2) is 29.6 Å². The highest BCUT2D eigenvalue weighted by Crippen LogP contribution is 2.12. The molecular formula is C14H12N2OS. The Bertz CT molecular complexity index is 610. The minimum atomic E-state index is -0.0885. The largest absolute Gasteiger partial charge is 0.326 e. The number of nitrogens with one attached hydrogen (secondary N) is 1. The van der Waals surface area contributed by atoms with E-state index in [0.29, 0.717) is 5.69 Å². The molecule has 0 saturated heterocycles. The monoisotopic (exact) mass is 256 g/mol. The van der Waals surface area contributed by atoms with E-state index in [9.17, 15) is 4.79 Å². The van der Waals surface area contributed by atoms with Gasteiger partial charge in [0.05, 0.1) is 17.1 Å². The molecule has 0 radical (unpaired) electrons. The van der Waals surface area contributed by atoms with E-state index in [4.69, 9.17) is 6.42 Å². The zero-order chi connectivity index (χ0) is 13.0. The van der Waals surface area contributed by atoms with E-state index < -0.39 is 0 Å². The van der Waals surface area contributed by atoms with Crippen molar-refractivity contribution in [1.82, 2.24) is 4.98 Å². The Morgan fingerprint density at radius 3 is 3.06 bits per heavy atom. The van der Waals surface area contributed by atoms with E-state index in [1.54, 1.807) is 17.4 Å². The quantitative estimate of drug-likeness (QED) is 0.858. The number of rotatable bonds is 3. The highest BCUT2D eigenvalue weighted by atomic mass is 32.1. The molecule has 0 aliphatic rings. The number of thiazole rings is 1. The summed E-state index contributed by atoms with van der Waals surface area (Å²) in [7, 11) is 0. The highest BCUT2D eigenvalue weighted by Gasteiger charge is 2.06. The topological polar surface area (TPSA) is 42.0 Å². The van der Waals surface area contributed by atoms with Gasteiger partial charge in [0.25, 0.3) is 0 Å². The first-order valence-electron chi connectivity index (χ1n) is 5.45. The fourth-order valence-electron chi connectivity index (χ4n) is 1.55. The Labute approximate surface area is 110 Å². The van der Waals surface area contributed by atoms with E-state index in [0.717, 1.165) is 16.3 Å². The fourth-order valence-corrected chi connectivity index (χ4v) is 2.16. The van der Waals surface area contributed by atoms with Gasteiger partial charge in [-0.15, -0.1) is 17.8 Å². The van der Waals surface area contributed by atoms with Crippen molar-refractivity contribution >= 4 is 22.9 Å². The fraction of sp³-hybridized carbons (Fsp3) is 0.143. The van der Waals surface area contributed by atoms with Crippen LogP contribution in [0.1, 0.15) is 16.3 Å². The zero-order valence-corrected chi connectivity index (χ0v) is 10.8. The van der Waals surface area contributed by atoms with Gasteiger partial charge in [0.15, 0.2) is 0 Å². The van der Waals surface area contributed by atoms with Gasteiger partial charge in [-0.05, 0) is 25.1 Å². The first kappa shape index (κ1) is 12.3. The average Bonchev–Trinajstić information content (AvgIpc) is 2.74. The molecule has 18 heavy (non-hydrogen) atoms. The lowest BCUT2D eigenvalue weighted by Gasteiger charge is -2.04. The van der Waals surface area contributed by atoms with Gasteiger partial charge < -0.3 is 5.32 Å². The molecule has 4 heteroatoms. The average molecular weight is 256 g/mol. The van der Waals surface area contributed by atoms with Crippen molar-refractivity contribution in [3.63, 3.8) is 0 Å². The summed E-state index contributed by atoms with van der Waals surface area (Å²) in [6.45, 7) is 1.92. The van der Waals surface area contributed by atoms with Crippen LogP contribution < -0.4 is 5.32 Å². The van der Waals surface area contributed by atoms with E-state index in [-0.39, 0.29) is 12.3 Å². The summed E-state index contributed by atoms with van der Waals surface area (Å²) in [5, 5.41) is 5.67. The minimum Gasteiger partial charge on any atom is -0.326 e. The van der Waals surface area contributed by atoms with E-state index in [1.165, 1.54) is 0 Å². The van der Waals surface area contributed by atoms with Gasteiger partial charge in [-0.1, -0.05) is 12.0 Å². The molecule has 2 aromatic rings. The normalized spacial score (nSPS) is 9.78. The number of hydrogen-bond donors (Lipinski definition) is 1. The molecule has 0 aliphatic heterocycles. The van der Waals surface area contributed by atoms with Crippen LogP contribution in [0.25, 0.3) is 0 Å². The second-order valence-corrected chi connectivity index (χ2v) is 4.87. The Morgan fingerprint density at radius 2 is 2.39 bits per heavy atom. The molecule has 90 valence electrons. The number of carbonyl (C=O) groups is 1.